The van der Waals surface area contributed by atoms with E-state index in [0.29, 0.717) is 16.4 Å². The van der Waals surface area contributed by atoms with E-state index >= 15 is 0 Å². The van der Waals surface area contributed by atoms with Crippen molar-refractivity contribution in [2.24, 2.45) is 0 Å². The number of carboxylic acid groups (broad SMARTS) is 1. The summed E-state index contributed by atoms with van der Waals surface area (Å²) in [5, 5.41) is 15.6. The first-order valence-corrected chi connectivity index (χ1v) is 7.76. The van der Waals surface area contributed by atoms with Gasteiger partial charge in [0, 0.05) is 22.1 Å². The molecule has 0 spiro atoms. The highest BCUT2D eigenvalue weighted by Crippen LogP contribution is 2.25. The minimum absolute atomic E-state index is 0.00367. The monoisotopic (exact) mass is 341 g/mol. The summed E-state index contributed by atoms with van der Waals surface area (Å²) in [7, 11) is 0. The highest BCUT2D eigenvalue weighted by atomic mass is 32.1. The molecule has 0 saturated heterocycles. The average Bonchev–Trinajstić information content (AvgIpc) is 3.04. The maximum atomic E-state index is 12.9. The fourth-order valence-electron chi connectivity index (χ4n) is 2.11. The van der Waals surface area contributed by atoms with E-state index in [1.165, 1.54) is 41.7 Å². The van der Waals surface area contributed by atoms with Gasteiger partial charge >= 0.3 is 0 Å². The van der Waals surface area contributed by atoms with E-state index in [2.05, 4.69) is 10.3 Å². The van der Waals surface area contributed by atoms with Crippen LogP contribution in [0.5, 0.6) is 0 Å². The van der Waals surface area contributed by atoms with Gasteiger partial charge in [0.1, 0.15) is 5.82 Å². The molecule has 0 aliphatic carbocycles. The van der Waals surface area contributed by atoms with Gasteiger partial charge in [0.2, 0.25) is 0 Å². The van der Waals surface area contributed by atoms with Crippen LogP contribution >= 0.6 is 11.3 Å². The Morgan fingerprint density at radius 3 is 2.38 bits per heavy atom. The number of hydrogen-bond donors (Lipinski definition) is 1. The molecule has 0 saturated carbocycles. The molecular formula is C17H10FN2O3S-. The molecule has 2 aromatic carbocycles. The molecular weight excluding hydrogens is 331 g/mol. The average molecular weight is 341 g/mol. The highest BCUT2D eigenvalue weighted by molar-refractivity contribution is 7.14. The third-order valence-corrected chi connectivity index (χ3v) is 4.01. The summed E-state index contributed by atoms with van der Waals surface area (Å²) in [4.78, 5) is 27.6. The minimum Gasteiger partial charge on any atom is -0.545 e. The molecule has 1 aromatic heterocycles. The molecule has 1 N–H and O–H groups in total. The smallest absolute Gasteiger partial charge is 0.258 e. The van der Waals surface area contributed by atoms with Gasteiger partial charge in [0.25, 0.3) is 5.91 Å². The van der Waals surface area contributed by atoms with Crippen LogP contribution in [-0.4, -0.2) is 16.9 Å². The van der Waals surface area contributed by atoms with Crippen LogP contribution in [0.3, 0.4) is 0 Å². The van der Waals surface area contributed by atoms with Crippen molar-refractivity contribution in [2.45, 2.75) is 0 Å². The number of nitrogens with one attached hydrogen (secondary N) is 1. The summed E-state index contributed by atoms with van der Waals surface area (Å²) >= 11 is 1.19. The van der Waals surface area contributed by atoms with Crippen LogP contribution in [0.2, 0.25) is 0 Å². The Morgan fingerprint density at radius 1 is 1.04 bits per heavy atom. The molecule has 1 amide bonds. The van der Waals surface area contributed by atoms with Crippen molar-refractivity contribution in [1.29, 1.82) is 0 Å². The molecule has 24 heavy (non-hydrogen) atoms. The van der Waals surface area contributed by atoms with Gasteiger partial charge in [0.05, 0.1) is 11.7 Å². The van der Waals surface area contributed by atoms with Crippen molar-refractivity contribution in [1.82, 2.24) is 4.98 Å². The predicted molar refractivity (Wildman–Crippen MR) is 86.2 cm³/mol. The van der Waals surface area contributed by atoms with E-state index in [1.54, 1.807) is 23.6 Å². The number of aromatic carboxylic acids is 1. The van der Waals surface area contributed by atoms with Crippen LogP contribution in [0.1, 0.15) is 20.7 Å². The third-order valence-electron chi connectivity index (χ3n) is 3.26. The maximum Gasteiger partial charge on any atom is 0.258 e. The maximum absolute atomic E-state index is 12.9. The summed E-state index contributed by atoms with van der Waals surface area (Å²) in [6, 6.07) is 11.6. The van der Waals surface area contributed by atoms with Gasteiger partial charge in [-0.2, -0.15) is 0 Å². The summed E-state index contributed by atoms with van der Waals surface area (Å²) in [5.41, 5.74) is 1.10. The standard InChI is InChI=1S/C17H11FN2O3S/c18-11-7-5-10(6-8-11)14-9-24-17(19-14)20-15(21)12-3-1-2-4-13(12)16(22)23/h1-9H,(H,22,23)(H,19,20,21)/p-1. The van der Waals surface area contributed by atoms with E-state index in [0.717, 1.165) is 0 Å². The molecule has 3 rings (SSSR count). The van der Waals surface area contributed by atoms with E-state index in [-0.39, 0.29) is 16.9 Å². The van der Waals surface area contributed by atoms with Gasteiger partial charge in [-0.3, -0.25) is 10.1 Å². The predicted octanol–water partition coefficient (Wildman–Crippen LogP) is 2.57. The van der Waals surface area contributed by atoms with Crippen LogP contribution in [0.15, 0.2) is 53.9 Å². The largest absolute Gasteiger partial charge is 0.545 e. The molecule has 0 aliphatic heterocycles. The second kappa shape index (κ2) is 6.59. The Morgan fingerprint density at radius 2 is 1.71 bits per heavy atom. The number of amides is 1. The van der Waals surface area contributed by atoms with Crippen LogP contribution < -0.4 is 10.4 Å². The normalized spacial score (nSPS) is 10.4. The first-order chi connectivity index (χ1) is 11.5. The van der Waals surface area contributed by atoms with Crippen LogP contribution in [-0.2, 0) is 0 Å². The molecule has 0 fully saturated rings. The van der Waals surface area contributed by atoms with Gasteiger partial charge in [-0.05, 0) is 30.3 Å². The van der Waals surface area contributed by atoms with Crippen molar-refractivity contribution >= 4 is 28.3 Å². The third kappa shape index (κ3) is 3.31. The van der Waals surface area contributed by atoms with E-state index in [1.807, 2.05) is 0 Å². The minimum atomic E-state index is -1.42. The molecule has 120 valence electrons. The number of anilines is 1. The summed E-state index contributed by atoms with van der Waals surface area (Å²) in [6.45, 7) is 0. The molecule has 7 heteroatoms. The Labute approximate surface area is 140 Å². The van der Waals surface area contributed by atoms with Crippen LogP contribution in [0.25, 0.3) is 11.3 Å². The van der Waals surface area contributed by atoms with Gasteiger partial charge in [0.15, 0.2) is 5.13 Å². The zero-order chi connectivity index (χ0) is 17.1. The SMILES string of the molecule is O=C([O-])c1ccccc1C(=O)Nc1nc(-c2ccc(F)cc2)cs1. The van der Waals surface area contributed by atoms with Gasteiger partial charge in [-0.1, -0.05) is 18.2 Å². The Balaban J connectivity index is 1.81. The lowest BCUT2D eigenvalue weighted by Crippen LogP contribution is -2.26. The van der Waals surface area contributed by atoms with Crippen molar-refractivity contribution in [3.63, 3.8) is 0 Å². The fourth-order valence-corrected chi connectivity index (χ4v) is 2.82. The molecule has 0 atom stereocenters. The second-order valence-corrected chi connectivity index (χ2v) is 5.69. The Bertz CT molecular complexity index is 906. The van der Waals surface area contributed by atoms with Crippen molar-refractivity contribution in [3.05, 3.63) is 70.9 Å². The number of benzene rings is 2. The van der Waals surface area contributed by atoms with Crippen LogP contribution in [0.4, 0.5) is 9.52 Å². The number of rotatable bonds is 4. The number of thiazole rings is 1. The fraction of sp³-hybridized carbons (Fsp3) is 0. The number of hydrogen-bond acceptors (Lipinski definition) is 5. The van der Waals surface area contributed by atoms with Crippen molar-refractivity contribution in [2.75, 3.05) is 5.32 Å². The molecule has 0 aliphatic rings. The molecule has 0 bridgehead atoms. The molecule has 3 aromatic rings. The summed E-state index contributed by atoms with van der Waals surface area (Å²) in [6.07, 6.45) is 0. The first kappa shape index (κ1) is 15.8. The second-order valence-electron chi connectivity index (χ2n) is 4.83. The molecule has 0 radical (unpaired) electrons. The van der Waals surface area contributed by atoms with Gasteiger partial charge in [-0.15, -0.1) is 11.3 Å². The molecule has 0 unspecified atom stereocenters. The van der Waals surface area contributed by atoms with Gasteiger partial charge in [-0.25, -0.2) is 9.37 Å². The summed E-state index contributed by atoms with van der Waals surface area (Å²) < 4.78 is 12.9. The zero-order valence-corrected chi connectivity index (χ0v) is 13.0. The number of carboxylic acids is 1. The van der Waals surface area contributed by atoms with Gasteiger partial charge < -0.3 is 9.90 Å². The van der Waals surface area contributed by atoms with E-state index in [9.17, 15) is 19.1 Å². The quantitative estimate of drug-likeness (QED) is 0.791. The number of carbonyl (C=O) groups excluding carboxylic acids is 2. The number of aromatic nitrogens is 1. The Kier molecular flexibility index (Phi) is 4.35. The lowest BCUT2D eigenvalue weighted by molar-refractivity contribution is -0.255. The van der Waals surface area contributed by atoms with E-state index < -0.39 is 11.9 Å². The lowest BCUT2D eigenvalue weighted by Gasteiger charge is -2.09. The van der Waals surface area contributed by atoms with Crippen LogP contribution in [0, 0.1) is 5.82 Å². The van der Waals surface area contributed by atoms with Crippen molar-refractivity contribution < 1.29 is 19.1 Å². The topological polar surface area (TPSA) is 82.1 Å². The number of halogens is 1. The van der Waals surface area contributed by atoms with E-state index in [4.69, 9.17) is 0 Å². The first-order valence-electron chi connectivity index (χ1n) is 6.88. The highest BCUT2D eigenvalue weighted by Gasteiger charge is 2.14. The number of nitrogens with zero attached hydrogens (tertiary/aromatic N) is 1. The zero-order valence-electron chi connectivity index (χ0n) is 12.2. The van der Waals surface area contributed by atoms with Crippen molar-refractivity contribution in [3.8, 4) is 11.3 Å². The lowest BCUT2D eigenvalue weighted by atomic mass is 10.1. The summed E-state index contributed by atoms with van der Waals surface area (Å²) in [5.74, 6) is -2.36. The molecule has 1 heterocycles. The Hall–Kier alpha value is -3.06. The number of carbonyl (C=O) groups is 2. The molecule has 5 nitrogen and oxygen atoms in total.